The number of benzene rings is 3. The molecule has 0 N–H and O–H groups in total. The van der Waals surface area contributed by atoms with Crippen molar-refractivity contribution in [3.05, 3.63) is 103 Å². The summed E-state index contributed by atoms with van der Waals surface area (Å²) in [4.78, 5) is 0. The van der Waals surface area contributed by atoms with Crippen LogP contribution in [0.3, 0.4) is 0 Å². The maximum atomic E-state index is 15.6. The molecule has 1 atom stereocenters. The van der Waals surface area contributed by atoms with Gasteiger partial charge in [0.15, 0.2) is 12.5 Å². The minimum Gasteiger partial charge on any atom is -0.496 e. The van der Waals surface area contributed by atoms with Crippen molar-refractivity contribution in [2.75, 3.05) is 33.5 Å². The molecule has 0 saturated carbocycles. The van der Waals surface area contributed by atoms with E-state index in [9.17, 15) is 9.13 Å². The molecule has 1 unspecified atom stereocenters. The van der Waals surface area contributed by atoms with Gasteiger partial charge in [0, 0.05) is 16.2 Å². The van der Waals surface area contributed by atoms with Gasteiger partial charge < -0.3 is 27.4 Å². The topological polar surface area (TPSA) is 97.4 Å². The first kappa shape index (κ1) is 34.2. The Balaban J connectivity index is 2.39. The normalized spacial score (nSPS) is 13.5. The van der Waals surface area contributed by atoms with Crippen LogP contribution in [-0.2, 0) is 31.8 Å². The van der Waals surface area contributed by atoms with E-state index in [0.29, 0.717) is 21.9 Å². The van der Waals surface area contributed by atoms with Crippen LogP contribution in [0.15, 0.2) is 97.1 Å². The van der Waals surface area contributed by atoms with Crippen molar-refractivity contribution < 1.29 is 36.5 Å². The zero-order chi connectivity index (χ0) is 30.6. The van der Waals surface area contributed by atoms with Gasteiger partial charge in [0.25, 0.3) is 0 Å². The minimum absolute atomic E-state index is 0.0440. The first-order valence-corrected chi connectivity index (χ1v) is 19.0. The van der Waals surface area contributed by atoms with Gasteiger partial charge in [0.05, 0.1) is 39.2 Å². The Morgan fingerprint density at radius 1 is 0.595 bits per heavy atom. The van der Waals surface area contributed by atoms with Crippen molar-refractivity contribution in [1.29, 1.82) is 0 Å². The van der Waals surface area contributed by atoms with Crippen molar-refractivity contribution in [2.45, 2.75) is 38.8 Å². The Kier molecular flexibility index (Phi) is 13.0. The quantitative estimate of drug-likeness (QED) is 0.108. The van der Waals surface area contributed by atoms with Crippen molar-refractivity contribution in [2.24, 2.45) is 0 Å². The Morgan fingerprint density at radius 2 is 1.00 bits per heavy atom. The van der Waals surface area contributed by atoms with Gasteiger partial charge in [0.2, 0.25) is 0 Å². The number of hydrogen-bond donors (Lipinski definition) is 0. The van der Waals surface area contributed by atoms with Gasteiger partial charge in [-0.05, 0) is 33.8 Å². The largest absolute Gasteiger partial charge is 0.496 e. The van der Waals surface area contributed by atoms with Gasteiger partial charge in [-0.15, -0.1) is 0 Å². The Hall–Kier alpha value is -2.27. The molecule has 0 aliphatic rings. The second kappa shape index (κ2) is 16.0. The molecule has 0 spiro atoms. The van der Waals surface area contributed by atoms with Gasteiger partial charge in [-0.3, -0.25) is 9.13 Å². The molecule has 42 heavy (non-hydrogen) atoms. The highest BCUT2D eigenvalue weighted by Crippen LogP contribution is 2.71. The molecule has 0 bridgehead atoms. The summed E-state index contributed by atoms with van der Waals surface area (Å²) in [5, 5.41) is -0.185. The molecule has 0 radical (unpaired) electrons. The third-order valence-electron chi connectivity index (χ3n) is 6.48. The third kappa shape index (κ3) is 7.62. The van der Waals surface area contributed by atoms with Crippen LogP contribution in [0.1, 0.15) is 38.9 Å². The van der Waals surface area contributed by atoms with Gasteiger partial charge in [-0.2, -0.15) is 0 Å². The van der Waals surface area contributed by atoms with E-state index in [2.05, 4.69) is 0 Å². The minimum atomic E-state index is -4.09. The molecule has 0 aliphatic carbocycles. The van der Waals surface area contributed by atoms with E-state index in [1.807, 2.05) is 78.9 Å². The van der Waals surface area contributed by atoms with Crippen LogP contribution in [0.4, 0.5) is 0 Å². The van der Waals surface area contributed by atoms with Gasteiger partial charge in [0.1, 0.15) is 5.75 Å². The van der Waals surface area contributed by atoms with Crippen molar-refractivity contribution in [3.8, 4) is 5.75 Å². The molecule has 228 valence electrons. The molecular formula is C31H41O8P3. The van der Waals surface area contributed by atoms with E-state index >= 15 is 4.57 Å². The van der Waals surface area contributed by atoms with Gasteiger partial charge in [-0.1, -0.05) is 91.0 Å². The standard InChI is InChI=1S/C31H41O8P3/c1-6-36-41(33,37-7-2)31(42(34,38-8-3)39-9-4)25-24-30(28-22-16-17-23-29(28)35-5)40(32,26-18-12-10-13-19-26)27-20-14-11-15-21-27/h10-25,30-31H,6-9H2,1-5H3/b25-24+. The van der Waals surface area contributed by atoms with E-state index in [1.54, 1.807) is 46.9 Å². The zero-order valence-electron chi connectivity index (χ0n) is 24.8. The highest BCUT2D eigenvalue weighted by atomic mass is 31.2. The average molecular weight is 635 g/mol. The lowest BCUT2D eigenvalue weighted by molar-refractivity contribution is 0.200. The molecule has 0 fully saturated rings. The van der Waals surface area contributed by atoms with Crippen molar-refractivity contribution in [3.63, 3.8) is 0 Å². The van der Waals surface area contributed by atoms with Crippen LogP contribution >= 0.6 is 22.3 Å². The molecule has 11 heteroatoms. The van der Waals surface area contributed by atoms with Crippen LogP contribution in [0.5, 0.6) is 5.75 Å². The molecule has 0 aromatic heterocycles. The van der Waals surface area contributed by atoms with Gasteiger partial charge in [-0.25, -0.2) is 0 Å². The predicted octanol–water partition coefficient (Wildman–Crippen LogP) is 8.16. The summed E-state index contributed by atoms with van der Waals surface area (Å²) in [5.74, 6) is 0.520. The second-order valence-electron chi connectivity index (χ2n) is 9.07. The molecule has 0 saturated heterocycles. The van der Waals surface area contributed by atoms with Crippen LogP contribution in [0, 0.1) is 0 Å². The Labute approximate surface area is 249 Å². The molecule has 0 amide bonds. The average Bonchev–Trinajstić information content (AvgIpc) is 3.00. The Morgan fingerprint density at radius 3 is 1.40 bits per heavy atom. The number of allylic oxidation sites excluding steroid dienone is 2. The first-order chi connectivity index (χ1) is 20.2. The van der Waals surface area contributed by atoms with E-state index in [0.717, 1.165) is 0 Å². The first-order valence-electron chi connectivity index (χ1n) is 14.0. The molecule has 0 heterocycles. The number of hydrogen-bond acceptors (Lipinski definition) is 8. The fourth-order valence-electron chi connectivity index (χ4n) is 4.79. The fourth-order valence-corrected chi connectivity index (χ4v) is 12.9. The summed E-state index contributed by atoms with van der Waals surface area (Å²) in [7, 11) is -10.2. The lowest BCUT2D eigenvalue weighted by Crippen LogP contribution is -2.21. The van der Waals surface area contributed by atoms with Gasteiger partial charge >= 0.3 is 15.2 Å². The third-order valence-corrected chi connectivity index (χ3v) is 15.7. The van der Waals surface area contributed by atoms with E-state index in [1.165, 1.54) is 6.08 Å². The number of methoxy groups -OCH3 is 1. The summed E-state index contributed by atoms with van der Waals surface area (Å²) in [5.41, 5.74) is -0.189. The molecular weight excluding hydrogens is 593 g/mol. The molecule has 3 aromatic carbocycles. The summed E-state index contributed by atoms with van der Waals surface area (Å²) in [6.07, 6.45) is 3.15. The predicted molar refractivity (Wildman–Crippen MR) is 170 cm³/mol. The highest BCUT2D eigenvalue weighted by Gasteiger charge is 2.50. The fraction of sp³-hybridized carbons (Fsp3) is 0.355. The van der Waals surface area contributed by atoms with Crippen LogP contribution < -0.4 is 15.3 Å². The van der Waals surface area contributed by atoms with E-state index < -0.39 is 33.4 Å². The zero-order valence-corrected chi connectivity index (χ0v) is 27.5. The SMILES string of the molecule is CCOP(=O)(OCC)C(/C=C/C(c1ccccc1OC)P(=O)(c1ccccc1)c1ccccc1)P(=O)(OCC)OCC. The van der Waals surface area contributed by atoms with Crippen LogP contribution in [0.2, 0.25) is 0 Å². The van der Waals surface area contributed by atoms with E-state index in [-0.39, 0.29) is 26.4 Å². The number of rotatable bonds is 17. The van der Waals surface area contributed by atoms with Crippen molar-refractivity contribution in [1.82, 2.24) is 0 Å². The smallest absolute Gasteiger partial charge is 0.349 e. The molecule has 3 rings (SSSR count). The van der Waals surface area contributed by atoms with E-state index in [4.69, 9.17) is 22.8 Å². The second-order valence-corrected chi connectivity index (χ2v) is 16.7. The molecule has 8 nitrogen and oxygen atoms in total. The lowest BCUT2D eigenvalue weighted by atomic mass is 10.1. The maximum absolute atomic E-state index is 15.6. The molecule has 0 aliphatic heterocycles. The lowest BCUT2D eigenvalue weighted by Gasteiger charge is -2.31. The Bertz CT molecular complexity index is 1330. The van der Waals surface area contributed by atoms with Crippen molar-refractivity contribution >= 4 is 32.9 Å². The number of para-hydroxylation sites is 1. The number of ether oxygens (including phenoxy) is 1. The summed E-state index contributed by atoms with van der Waals surface area (Å²) in [6.45, 7) is 6.88. The molecule has 3 aromatic rings. The van der Waals surface area contributed by atoms with Crippen LogP contribution in [-0.4, -0.2) is 38.9 Å². The highest BCUT2D eigenvalue weighted by molar-refractivity contribution is 7.79. The summed E-state index contributed by atoms with van der Waals surface area (Å²) in [6, 6.07) is 25.7. The maximum Gasteiger partial charge on any atom is 0.349 e. The summed E-state index contributed by atoms with van der Waals surface area (Å²) >= 11 is 0. The summed E-state index contributed by atoms with van der Waals surface area (Å²) < 4.78 is 72.5. The monoisotopic (exact) mass is 634 g/mol. The van der Waals surface area contributed by atoms with Crippen LogP contribution in [0.25, 0.3) is 0 Å².